The van der Waals surface area contributed by atoms with Crippen LogP contribution in [0.4, 0.5) is 5.82 Å². The number of nitrogens with zero attached hydrogens (tertiary/aromatic N) is 1. The molecule has 0 saturated carbocycles. The summed E-state index contributed by atoms with van der Waals surface area (Å²) >= 11 is 24.0. The largest absolute Gasteiger partial charge is 0.436 e. The first kappa shape index (κ1) is 15.5. The van der Waals surface area contributed by atoms with Crippen molar-refractivity contribution in [3.8, 4) is 11.6 Å². The minimum Gasteiger partial charge on any atom is -0.436 e. The summed E-state index contributed by atoms with van der Waals surface area (Å²) in [7, 11) is 0. The van der Waals surface area contributed by atoms with Crippen LogP contribution in [-0.2, 0) is 0 Å². The zero-order valence-electron chi connectivity index (χ0n) is 10.4. The third-order valence-electron chi connectivity index (χ3n) is 2.34. The Hall–Kier alpha value is -0.870. The minimum absolute atomic E-state index is 0.205. The van der Waals surface area contributed by atoms with Crippen molar-refractivity contribution in [1.82, 2.24) is 4.98 Å². The molecule has 1 aromatic heterocycles. The third kappa shape index (κ3) is 3.61. The predicted octanol–water partition coefficient (Wildman–Crippen LogP) is 5.92. The number of ether oxygens (including phenoxy) is 1. The Morgan fingerprint density at radius 2 is 1.80 bits per heavy atom. The average molecular weight is 352 g/mol. The van der Waals surface area contributed by atoms with Crippen LogP contribution in [0.5, 0.6) is 11.6 Å². The molecule has 2 rings (SSSR count). The molecule has 7 heteroatoms. The number of nitrogens with one attached hydrogen (secondary N) is 1. The van der Waals surface area contributed by atoms with Crippen molar-refractivity contribution in [2.45, 2.75) is 6.92 Å². The molecule has 0 aliphatic heterocycles. The molecule has 0 amide bonds. The molecule has 0 aliphatic rings. The molecule has 0 atom stereocenters. The molecule has 1 N–H and O–H groups in total. The Morgan fingerprint density at radius 1 is 1.05 bits per heavy atom. The first-order chi connectivity index (χ1) is 9.51. The van der Waals surface area contributed by atoms with Crippen molar-refractivity contribution < 1.29 is 4.74 Å². The summed E-state index contributed by atoms with van der Waals surface area (Å²) in [5.74, 6) is 1.07. The van der Waals surface area contributed by atoms with Crippen molar-refractivity contribution in [1.29, 1.82) is 0 Å². The SMILES string of the molecule is CCNc1nc(Oc2cc(Cl)ccc2Cl)c(Cl)cc1Cl. The van der Waals surface area contributed by atoms with Gasteiger partial charge in [0.1, 0.15) is 16.6 Å². The van der Waals surface area contributed by atoms with Crippen LogP contribution in [0.25, 0.3) is 0 Å². The summed E-state index contributed by atoms with van der Waals surface area (Å²) in [6.07, 6.45) is 0. The second-order valence-electron chi connectivity index (χ2n) is 3.81. The van der Waals surface area contributed by atoms with Gasteiger partial charge in [0, 0.05) is 17.6 Å². The van der Waals surface area contributed by atoms with Crippen LogP contribution in [0.1, 0.15) is 6.92 Å². The van der Waals surface area contributed by atoms with Crippen molar-refractivity contribution in [3.05, 3.63) is 44.4 Å². The zero-order chi connectivity index (χ0) is 14.7. The van der Waals surface area contributed by atoms with Gasteiger partial charge >= 0.3 is 0 Å². The third-order valence-corrected chi connectivity index (χ3v) is 3.45. The van der Waals surface area contributed by atoms with Crippen molar-refractivity contribution in [3.63, 3.8) is 0 Å². The molecular weight excluding hydrogens is 342 g/mol. The fourth-order valence-electron chi connectivity index (χ4n) is 1.47. The number of hydrogen-bond acceptors (Lipinski definition) is 3. The van der Waals surface area contributed by atoms with Crippen molar-refractivity contribution in [2.24, 2.45) is 0 Å². The summed E-state index contributed by atoms with van der Waals surface area (Å²) in [5, 5.41) is 4.63. The highest BCUT2D eigenvalue weighted by Gasteiger charge is 2.13. The smallest absolute Gasteiger partial charge is 0.240 e. The number of halogens is 4. The number of anilines is 1. The quantitative estimate of drug-likeness (QED) is 0.742. The van der Waals surface area contributed by atoms with E-state index in [9.17, 15) is 0 Å². The van der Waals surface area contributed by atoms with Gasteiger partial charge in [-0.3, -0.25) is 0 Å². The van der Waals surface area contributed by atoms with E-state index in [1.165, 1.54) is 0 Å². The van der Waals surface area contributed by atoms with Crippen LogP contribution in [0.3, 0.4) is 0 Å². The van der Waals surface area contributed by atoms with Crippen LogP contribution < -0.4 is 10.1 Å². The maximum atomic E-state index is 6.07. The second kappa shape index (κ2) is 6.72. The molecule has 2 aromatic rings. The number of benzene rings is 1. The number of hydrogen-bond donors (Lipinski definition) is 1. The monoisotopic (exact) mass is 350 g/mol. The summed E-state index contributed by atoms with van der Waals surface area (Å²) in [4.78, 5) is 4.23. The van der Waals surface area contributed by atoms with Crippen LogP contribution in [-0.4, -0.2) is 11.5 Å². The van der Waals surface area contributed by atoms with Gasteiger partial charge in [0.2, 0.25) is 5.88 Å². The molecule has 3 nitrogen and oxygen atoms in total. The van der Waals surface area contributed by atoms with E-state index in [2.05, 4.69) is 10.3 Å². The Morgan fingerprint density at radius 3 is 2.50 bits per heavy atom. The van der Waals surface area contributed by atoms with E-state index in [0.717, 1.165) is 0 Å². The first-order valence-corrected chi connectivity index (χ1v) is 7.25. The van der Waals surface area contributed by atoms with Gasteiger partial charge in [-0.25, -0.2) is 0 Å². The van der Waals surface area contributed by atoms with Gasteiger partial charge in [-0.1, -0.05) is 46.4 Å². The minimum atomic E-state index is 0.205. The van der Waals surface area contributed by atoms with Crippen molar-refractivity contribution >= 4 is 52.2 Å². The first-order valence-electron chi connectivity index (χ1n) is 5.74. The fourth-order valence-corrected chi connectivity index (χ4v) is 2.25. The van der Waals surface area contributed by atoms with E-state index in [4.69, 9.17) is 51.1 Å². The van der Waals surface area contributed by atoms with E-state index >= 15 is 0 Å². The Labute approximate surface area is 136 Å². The lowest BCUT2D eigenvalue weighted by Crippen LogP contribution is -2.01. The topological polar surface area (TPSA) is 34.2 Å². The molecule has 20 heavy (non-hydrogen) atoms. The Bertz CT molecular complexity index is 634. The molecule has 0 saturated heterocycles. The standard InChI is InChI=1S/C13H10Cl4N2O/c1-2-18-12-9(16)6-10(17)13(19-12)20-11-5-7(14)3-4-8(11)15/h3-6H,2H2,1H3,(H,18,19). The molecule has 0 unspecified atom stereocenters. The van der Waals surface area contributed by atoms with Crippen molar-refractivity contribution in [2.75, 3.05) is 11.9 Å². The Balaban J connectivity index is 2.37. The molecule has 0 spiro atoms. The average Bonchev–Trinajstić information content (AvgIpc) is 2.39. The summed E-state index contributed by atoms with van der Waals surface area (Å²) in [6.45, 7) is 2.60. The van der Waals surface area contributed by atoms with Gasteiger partial charge in [-0.2, -0.15) is 4.98 Å². The maximum Gasteiger partial charge on any atom is 0.240 e. The second-order valence-corrected chi connectivity index (χ2v) is 5.47. The molecular formula is C13H10Cl4N2O. The van der Waals surface area contributed by atoms with E-state index < -0.39 is 0 Å². The van der Waals surface area contributed by atoms with Crippen LogP contribution in [0, 0.1) is 0 Å². The van der Waals surface area contributed by atoms with E-state index in [1.54, 1.807) is 24.3 Å². The molecule has 106 valence electrons. The normalized spacial score (nSPS) is 10.4. The van der Waals surface area contributed by atoms with Gasteiger partial charge in [0.25, 0.3) is 0 Å². The number of pyridine rings is 1. The lowest BCUT2D eigenvalue weighted by molar-refractivity contribution is 0.464. The molecule has 1 aromatic carbocycles. The summed E-state index contributed by atoms with van der Waals surface area (Å²) in [6, 6.07) is 6.44. The highest BCUT2D eigenvalue weighted by atomic mass is 35.5. The molecule has 0 bridgehead atoms. The fraction of sp³-hybridized carbons (Fsp3) is 0.154. The van der Waals surface area contributed by atoms with Crippen LogP contribution in [0.2, 0.25) is 20.1 Å². The number of aromatic nitrogens is 1. The lowest BCUT2D eigenvalue weighted by atomic mass is 10.3. The molecule has 0 fully saturated rings. The van der Waals surface area contributed by atoms with Gasteiger partial charge in [0.15, 0.2) is 0 Å². The lowest BCUT2D eigenvalue weighted by Gasteiger charge is -2.11. The van der Waals surface area contributed by atoms with Gasteiger partial charge < -0.3 is 10.1 Å². The molecule has 1 heterocycles. The van der Waals surface area contributed by atoms with Crippen LogP contribution in [0.15, 0.2) is 24.3 Å². The maximum absolute atomic E-state index is 6.07. The summed E-state index contributed by atoms with van der Waals surface area (Å²) < 4.78 is 5.60. The molecule has 0 aliphatic carbocycles. The van der Waals surface area contributed by atoms with E-state index in [0.29, 0.717) is 33.2 Å². The predicted molar refractivity (Wildman–Crippen MR) is 85.0 cm³/mol. The molecule has 0 radical (unpaired) electrons. The van der Waals surface area contributed by atoms with Gasteiger partial charge in [0.05, 0.1) is 10.0 Å². The Kier molecular flexibility index (Phi) is 5.22. The zero-order valence-corrected chi connectivity index (χ0v) is 13.4. The van der Waals surface area contributed by atoms with Gasteiger partial charge in [-0.05, 0) is 25.1 Å². The van der Waals surface area contributed by atoms with E-state index in [1.807, 2.05) is 6.92 Å². The highest BCUT2D eigenvalue weighted by molar-refractivity contribution is 6.37. The van der Waals surface area contributed by atoms with Crippen LogP contribution >= 0.6 is 46.4 Å². The van der Waals surface area contributed by atoms with Gasteiger partial charge in [-0.15, -0.1) is 0 Å². The number of rotatable bonds is 4. The van der Waals surface area contributed by atoms with E-state index in [-0.39, 0.29) is 10.9 Å². The highest BCUT2D eigenvalue weighted by Crippen LogP contribution is 2.36. The summed E-state index contributed by atoms with van der Waals surface area (Å²) in [5.41, 5.74) is 0.